The normalized spacial score (nSPS) is 11.0. The van der Waals surface area contributed by atoms with Gasteiger partial charge in [0, 0.05) is 28.1 Å². The Morgan fingerprint density at radius 3 is 1.73 bits per heavy atom. The zero-order chi connectivity index (χ0) is 31.6. The van der Waals surface area contributed by atoms with Crippen LogP contribution in [0.15, 0.2) is 71.8 Å². The third-order valence-corrected chi connectivity index (χ3v) is 7.46. The number of hydrogen-bond acceptors (Lipinski definition) is 6. The lowest BCUT2D eigenvalue weighted by Gasteiger charge is -2.11. The van der Waals surface area contributed by atoms with Gasteiger partial charge in [-0.3, -0.25) is 4.79 Å². The molecule has 0 heterocycles. The maximum absolute atomic E-state index is 12.8. The van der Waals surface area contributed by atoms with Crippen LogP contribution in [0, 0.1) is 0 Å². The van der Waals surface area contributed by atoms with Crippen molar-refractivity contribution >= 4 is 47.3 Å². The van der Waals surface area contributed by atoms with Crippen molar-refractivity contribution in [2.45, 2.75) is 84.0 Å². The second-order valence-electron chi connectivity index (χ2n) is 10.6. The molecule has 0 aliphatic carbocycles. The number of ether oxygens (including phenoxy) is 2. The SMILES string of the molecule is CCCCCCCCCCCCCC(=O)N/N=C\c1ccc(OC(=O)c2ccc(Cl)cc2)cc1OC(=O)c1ccc(Cl)cc1. The van der Waals surface area contributed by atoms with E-state index in [4.69, 9.17) is 32.7 Å². The lowest BCUT2D eigenvalue weighted by molar-refractivity contribution is -0.121. The Bertz CT molecular complexity index is 1370. The summed E-state index contributed by atoms with van der Waals surface area (Å²) in [4.78, 5) is 37.7. The average Bonchev–Trinajstić information content (AvgIpc) is 3.01. The number of carbonyl (C=O) groups excluding carboxylic acids is 3. The highest BCUT2D eigenvalue weighted by atomic mass is 35.5. The lowest BCUT2D eigenvalue weighted by atomic mass is 10.1. The fourth-order valence-electron chi connectivity index (χ4n) is 4.45. The molecule has 3 aromatic rings. The molecule has 3 aromatic carbocycles. The summed E-state index contributed by atoms with van der Waals surface area (Å²) in [6.07, 6.45) is 15.1. The highest BCUT2D eigenvalue weighted by molar-refractivity contribution is 6.31. The highest BCUT2D eigenvalue weighted by Gasteiger charge is 2.15. The molecule has 7 nitrogen and oxygen atoms in total. The number of esters is 2. The average molecular weight is 640 g/mol. The summed E-state index contributed by atoms with van der Waals surface area (Å²) < 4.78 is 11.1. The van der Waals surface area contributed by atoms with E-state index in [9.17, 15) is 14.4 Å². The van der Waals surface area contributed by atoms with Gasteiger partial charge in [-0.15, -0.1) is 0 Å². The van der Waals surface area contributed by atoms with Crippen LogP contribution in [0.2, 0.25) is 10.0 Å². The quantitative estimate of drug-likeness (QED) is 0.0492. The first-order valence-corrected chi connectivity index (χ1v) is 16.0. The smallest absolute Gasteiger partial charge is 0.343 e. The predicted molar refractivity (Wildman–Crippen MR) is 176 cm³/mol. The summed E-state index contributed by atoms with van der Waals surface area (Å²) in [6, 6.07) is 17.0. The van der Waals surface area contributed by atoms with E-state index in [0.717, 1.165) is 19.3 Å². The first-order valence-electron chi connectivity index (χ1n) is 15.3. The van der Waals surface area contributed by atoms with Crippen molar-refractivity contribution in [3.05, 3.63) is 93.5 Å². The lowest BCUT2D eigenvalue weighted by Crippen LogP contribution is -2.17. The van der Waals surface area contributed by atoms with Crippen molar-refractivity contribution in [3.8, 4) is 11.5 Å². The summed E-state index contributed by atoms with van der Waals surface area (Å²) in [5.74, 6) is -1.19. The van der Waals surface area contributed by atoms with E-state index in [1.54, 1.807) is 48.5 Å². The van der Waals surface area contributed by atoms with Gasteiger partial charge in [0.1, 0.15) is 11.5 Å². The number of hydrogen-bond donors (Lipinski definition) is 1. The van der Waals surface area contributed by atoms with Gasteiger partial charge in [0.05, 0.1) is 17.3 Å². The number of rotatable bonds is 18. The monoisotopic (exact) mass is 638 g/mol. The number of halogens is 2. The third kappa shape index (κ3) is 12.9. The summed E-state index contributed by atoms with van der Waals surface area (Å²) in [5, 5.41) is 5.03. The van der Waals surface area contributed by atoms with Gasteiger partial charge in [-0.1, -0.05) is 94.3 Å². The molecule has 0 spiro atoms. The van der Waals surface area contributed by atoms with Crippen LogP contribution < -0.4 is 14.9 Å². The molecule has 44 heavy (non-hydrogen) atoms. The van der Waals surface area contributed by atoms with Gasteiger partial charge in [0.25, 0.3) is 0 Å². The van der Waals surface area contributed by atoms with Gasteiger partial charge < -0.3 is 9.47 Å². The largest absolute Gasteiger partial charge is 0.423 e. The number of hydrazone groups is 1. The van der Waals surface area contributed by atoms with Crippen molar-refractivity contribution in [1.82, 2.24) is 5.43 Å². The Morgan fingerprint density at radius 1 is 0.682 bits per heavy atom. The van der Waals surface area contributed by atoms with Crippen molar-refractivity contribution in [3.63, 3.8) is 0 Å². The minimum absolute atomic E-state index is 0.0923. The minimum atomic E-state index is -0.641. The molecule has 0 atom stereocenters. The van der Waals surface area contributed by atoms with E-state index in [1.807, 2.05) is 0 Å². The van der Waals surface area contributed by atoms with E-state index in [-0.39, 0.29) is 23.0 Å². The number of benzene rings is 3. The first kappa shape index (κ1) is 34.8. The van der Waals surface area contributed by atoms with Crippen LogP contribution in [0.5, 0.6) is 11.5 Å². The predicted octanol–water partition coefficient (Wildman–Crippen LogP) is 9.58. The standard InChI is InChI=1S/C35H40Cl2N2O5/c1-2-3-4-5-6-7-8-9-10-11-12-13-33(40)39-38-25-28-18-23-31(43-34(41)26-14-19-29(36)20-15-26)24-32(28)44-35(42)27-16-21-30(37)22-17-27/h14-25H,2-13H2,1H3,(H,39,40)/b38-25-. The van der Waals surface area contributed by atoms with Gasteiger partial charge in [-0.05, 0) is 67.1 Å². The molecule has 0 unspecified atom stereocenters. The number of unbranched alkanes of at least 4 members (excludes halogenated alkanes) is 10. The molecule has 0 aliphatic rings. The van der Waals surface area contributed by atoms with Crippen LogP contribution in [0.3, 0.4) is 0 Å². The molecule has 1 N–H and O–H groups in total. The molecular formula is C35H40Cl2N2O5. The van der Waals surface area contributed by atoms with E-state index >= 15 is 0 Å². The van der Waals surface area contributed by atoms with Crippen LogP contribution >= 0.6 is 23.2 Å². The molecule has 9 heteroatoms. The van der Waals surface area contributed by atoms with Crippen molar-refractivity contribution in [2.75, 3.05) is 0 Å². The first-order chi connectivity index (χ1) is 21.4. The van der Waals surface area contributed by atoms with E-state index in [1.165, 1.54) is 75.8 Å². The Balaban J connectivity index is 1.54. The summed E-state index contributed by atoms with van der Waals surface area (Å²) in [5.41, 5.74) is 3.52. The Kier molecular flexibility index (Phi) is 15.5. The number of carbonyl (C=O) groups is 3. The topological polar surface area (TPSA) is 94.1 Å². The maximum Gasteiger partial charge on any atom is 0.343 e. The zero-order valence-electron chi connectivity index (χ0n) is 25.2. The van der Waals surface area contributed by atoms with Crippen LogP contribution in [0.4, 0.5) is 0 Å². The molecule has 0 fully saturated rings. The highest BCUT2D eigenvalue weighted by Crippen LogP contribution is 2.26. The molecule has 0 aliphatic heterocycles. The Morgan fingerprint density at radius 2 is 1.18 bits per heavy atom. The van der Waals surface area contributed by atoms with Crippen LogP contribution in [-0.2, 0) is 4.79 Å². The Labute approximate surface area is 269 Å². The summed E-state index contributed by atoms with van der Waals surface area (Å²) >= 11 is 11.8. The maximum atomic E-state index is 12.8. The van der Waals surface area contributed by atoms with Gasteiger partial charge in [0.15, 0.2) is 0 Å². The van der Waals surface area contributed by atoms with E-state index < -0.39 is 11.9 Å². The summed E-state index contributed by atoms with van der Waals surface area (Å²) in [7, 11) is 0. The Hall–Kier alpha value is -3.68. The molecule has 234 valence electrons. The van der Waals surface area contributed by atoms with Crippen LogP contribution in [-0.4, -0.2) is 24.1 Å². The fourth-order valence-corrected chi connectivity index (χ4v) is 4.70. The zero-order valence-corrected chi connectivity index (χ0v) is 26.7. The van der Waals surface area contributed by atoms with Gasteiger partial charge >= 0.3 is 11.9 Å². The molecule has 3 rings (SSSR count). The van der Waals surface area contributed by atoms with E-state index in [0.29, 0.717) is 27.6 Å². The van der Waals surface area contributed by atoms with Gasteiger partial charge in [0.2, 0.25) is 5.91 Å². The second kappa shape index (κ2) is 19.6. The molecule has 0 aromatic heterocycles. The molecule has 0 saturated heterocycles. The molecule has 0 radical (unpaired) electrons. The van der Waals surface area contributed by atoms with E-state index in [2.05, 4.69) is 17.5 Å². The number of amides is 1. The van der Waals surface area contributed by atoms with Gasteiger partial charge in [-0.25, -0.2) is 15.0 Å². The van der Waals surface area contributed by atoms with Crippen molar-refractivity contribution in [1.29, 1.82) is 0 Å². The second-order valence-corrected chi connectivity index (χ2v) is 11.4. The fraction of sp³-hybridized carbons (Fsp3) is 0.371. The number of nitrogens with zero attached hydrogens (tertiary/aromatic N) is 1. The van der Waals surface area contributed by atoms with Crippen LogP contribution in [0.1, 0.15) is 110 Å². The number of nitrogens with one attached hydrogen (secondary N) is 1. The van der Waals surface area contributed by atoms with Crippen LogP contribution in [0.25, 0.3) is 0 Å². The third-order valence-electron chi connectivity index (χ3n) is 6.96. The van der Waals surface area contributed by atoms with Gasteiger partial charge in [-0.2, -0.15) is 5.10 Å². The minimum Gasteiger partial charge on any atom is -0.423 e. The summed E-state index contributed by atoms with van der Waals surface area (Å²) in [6.45, 7) is 2.23. The molecule has 1 amide bonds. The molecule has 0 saturated carbocycles. The van der Waals surface area contributed by atoms with Crippen molar-refractivity contribution in [2.24, 2.45) is 5.10 Å². The molecular weight excluding hydrogens is 599 g/mol. The van der Waals surface area contributed by atoms with Crippen molar-refractivity contribution < 1.29 is 23.9 Å². The molecule has 0 bridgehead atoms.